The van der Waals surface area contributed by atoms with Crippen molar-refractivity contribution in [2.24, 2.45) is 5.10 Å². The molecule has 0 aliphatic rings. The second kappa shape index (κ2) is 9.87. The number of nitrogens with zero attached hydrogens (tertiary/aromatic N) is 1. The predicted molar refractivity (Wildman–Crippen MR) is 111 cm³/mol. The smallest absolute Gasteiger partial charge is 0.271 e. The van der Waals surface area contributed by atoms with Gasteiger partial charge >= 0.3 is 0 Å². The first-order valence-electron chi connectivity index (χ1n) is 8.20. The van der Waals surface area contributed by atoms with Gasteiger partial charge in [0, 0.05) is 28.9 Å². The zero-order chi connectivity index (χ0) is 20.7. The Balaban J connectivity index is 1.89. The molecule has 0 aliphatic carbocycles. The Hall–Kier alpha value is -2.90. The fourth-order valence-electron chi connectivity index (χ4n) is 2.18. The van der Waals surface area contributed by atoms with Gasteiger partial charge in [0.25, 0.3) is 5.91 Å². The summed E-state index contributed by atoms with van der Waals surface area (Å²) >= 11 is 11.8. The van der Waals surface area contributed by atoms with E-state index in [1.165, 1.54) is 13.0 Å². The van der Waals surface area contributed by atoms with E-state index in [4.69, 9.17) is 23.2 Å². The monoisotopic (exact) mass is 420 g/mol. The summed E-state index contributed by atoms with van der Waals surface area (Å²) in [6.07, 6.45) is -0.0271. The number of hydrazone groups is 1. The molecule has 9 heteroatoms. The number of amides is 3. The average molecular weight is 421 g/mol. The largest absolute Gasteiger partial charge is 0.326 e. The highest BCUT2D eigenvalue weighted by Gasteiger charge is 2.09. The zero-order valence-electron chi connectivity index (χ0n) is 15.2. The van der Waals surface area contributed by atoms with Gasteiger partial charge in [0.1, 0.15) is 0 Å². The van der Waals surface area contributed by atoms with Gasteiger partial charge in [-0.05, 0) is 49.4 Å². The standard InChI is InChI=1S/C19H18Cl2N4O3/c1-11(9-18(27)23-17-8-5-14(20)10-16(17)21)24-25-19(28)13-3-6-15(7-4-13)22-12(2)26/h3-8,10H,9H2,1-2H3,(H,22,26)(H,23,27)(H,25,28). The topological polar surface area (TPSA) is 99.7 Å². The summed E-state index contributed by atoms with van der Waals surface area (Å²) in [5.74, 6) is -0.968. The third-order valence-electron chi connectivity index (χ3n) is 3.44. The number of carbonyl (C=O) groups is 3. The summed E-state index contributed by atoms with van der Waals surface area (Å²) in [5.41, 5.74) is 4.18. The third kappa shape index (κ3) is 6.68. The number of carbonyl (C=O) groups excluding carboxylic acids is 3. The van der Waals surface area contributed by atoms with Gasteiger partial charge < -0.3 is 10.6 Å². The van der Waals surface area contributed by atoms with Gasteiger partial charge in [-0.15, -0.1) is 0 Å². The normalized spacial score (nSPS) is 10.9. The van der Waals surface area contributed by atoms with Gasteiger partial charge in [0.2, 0.25) is 11.8 Å². The highest BCUT2D eigenvalue weighted by Crippen LogP contribution is 2.25. The molecule has 146 valence electrons. The van der Waals surface area contributed by atoms with Crippen LogP contribution in [0.25, 0.3) is 0 Å². The molecule has 0 atom stereocenters. The molecule has 2 rings (SSSR count). The minimum Gasteiger partial charge on any atom is -0.326 e. The Labute approximate surface area is 172 Å². The zero-order valence-corrected chi connectivity index (χ0v) is 16.7. The lowest BCUT2D eigenvalue weighted by molar-refractivity contribution is -0.115. The van der Waals surface area contributed by atoms with E-state index in [1.54, 1.807) is 43.3 Å². The molecule has 0 aromatic heterocycles. The Kier molecular flexibility index (Phi) is 7.54. The van der Waals surface area contributed by atoms with Crippen molar-refractivity contribution < 1.29 is 14.4 Å². The molecule has 3 N–H and O–H groups in total. The maximum atomic E-state index is 12.1. The number of halogens is 2. The maximum absolute atomic E-state index is 12.1. The van der Waals surface area contributed by atoms with Gasteiger partial charge in [-0.1, -0.05) is 23.2 Å². The molecule has 0 heterocycles. The van der Waals surface area contributed by atoms with Gasteiger partial charge in [-0.3, -0.25) is 14.4 Å². The fourth-order valence-corrected chi connectivity index (χ4v) is 2.63. The van der Waals surface area contributed by atoms with Crippen LogP contribution in [0.2, 0.25) is 10.0 Å². The molecular weight excluding hydrogens is 403 g/mol. The maximum Gasteiger partial charge on any atom is 0.271 e. The number of nitrogens with one attached hydrogen (secondary N) is 3. The molecule has 3 amide bonds. The lowest BCUT2D eigenvalue weighted by Gasteiger charge is -2.08. The van der Waals surface area contributed by atoms with Crippen molar-refractivity contribution in [3.63, 3.8) is 0 Å². The van der Waals surface area contributed by atoms with Crippen LogP contribution in [0.15, 0.2) is 47.6 Å². The van der Waals surface area contributed by atoms with Crippen molar-refractivity contribution in [1.29, 1.82) is 0 Å². The van der Waals surface area contributed by atoms with E-state index in [0.717, 1.165) is 0 Å². The fraction of sp³-hybridized carbons (Fsp3) is 0.158. The SMILES string of the molecule is CC(=O)Nc1ccc(C(=O)NN=C(C)CC(=O)Nc2ccc(Cl)cc2Cl)cc1. The number of benzene rings is 2. The number of rotatable bonds is 6. The lowest BCUT2D eigenvalue weighted by atomic mass is 10.2. The Morgan fingerprint density at radius 3 is 2.25 bits per heavy atom. The van der Waals surface area contributed by atoms with E-state index in [0.29, 0.717) is 32.7 Å². The number of hydrogen-bond acceptors (Lipinski definition) is 4. The van der Waals surface area contributed by atoms with Crippen LogP contribution in [-0.2, 0) is 9.59 Å². The molecule has 0 aliphatic heterocycles. The van der Waals surface area contributed by atoms with Crippen LogP contribution in [0.3, 0.4) is 0 Å². The highest BCUT2D eigenvalue weighted by atomic mass is 35.5. The molecule has 2 aromatic carbocycles. The predicted octanol–water partition coefficient (Wildman–Crippen LogP) is 4.09. The molecule has 0 spiro atoms. The molecule has 0 bridgehead atoms. The van der Waals surface area contributed by atoms with Crippen LogP contribution >= 0.6 is 23.2 Å². The average Bonchev–Trinajstić information content (AvgIpc) is 2.62. The van der Waals surface area contributed by atoms with Gasteiger partial charge in [-0.25, -0.2) is 5.43 Å². The summed E-state index contributed by atoms with van der Waals surface area (Å²) in [7, 11) is 0. The van der Waals surface area contributed by atoms with E-state index in [1.807, 2.05) is 0 Å². The summed E-state index contributed by atoms with van der Waals surface area (Å²) in [6, 6.07) is 11.1. The van der Waals surface area contributed by atoms with Crippen molar-refractivity contribution in [3.8, 4) is 0 Å². The van der Waals surface area contributed by atoms with E-state index < -0.39 is 5.91 Å². The van der Waals surface area contributed by atoms with Crippen LogP contribution in [0.5, 0.6) is 0 Å². The van der Waals surface area contributed by atoms with Gasteiger partial charge in [0.15, 0.2) is 0 Å². The minimum absolute atomic E-state index is 0.0271. The van der Waals surface area contributed by atoms with Gasteiger partial charge in [0.05, 0.1) is 17.1 Å². The van der Waals surface area contributed by atoms with Crippen molar-refractivity contribution in [2.75, 3.05) is 10.6 Å². The summed E-state index contributed by atoms with van der Waals surface area (Å²) in [4.78, 5) is 35.2. The Morgan fingerprint density at radius 1 is 0.964 bits per heavy atom. The second-order valence-corrected chi connectivity index (χ2v) is 6.74. The van der Waals surface area contributed by atoms with Gasteiger partial charge in [-0.2, -0.15) is 5.10 Å². The summed E-state index contributed by atoms with van der Waals surface area (Å²) < 4.78 is 0. The molecule has 2 aromatic rings. The third-order valence-corrected chi connectivity index (χ3v) is 3.99. The van der Waals surface area contributed by atoms with E-state index >= 15 is 0 Å². The first-order chi connectivity index (χ1) is 13.2. The quantitative estimate of drug-likeness (QED) is 0.484. The van der Waals surface area contributed by atoms with Crippen LogP contribution in [0, 0.1) is 0 Å². The summed E-state index contributed by atoms with van der Waals surface area (Å²) in [5, 5.41) is 9.98. The molecule has 0 radical (unpaired) electrons. The van der Waals surface area contributed by atoms with Crippen molar-refractivity contribution in [3.05, 3.63) is 58.1 Å². The molecule has 0 saturated carbocycles. The Bertz CT molecular complexity index is 927. The number of anilines is 2. The van der Waals surface area contributed by atoms with E-state index in [2.05, 4.69) is 21.2 Å². The first kappa shape index (κ1) is 21.4. The van der Waals surface area contributed by atoms with Crippen molar-refractivity contribution in [1.82, 2.24) is 5.43 Å². The van der Waals surface area contributed by atoms with E-state index in [9.17, 15) is 14.4 Å². The van der Waals surface area contributed by atoms with Crippen LogP contribution in [-0.4, -0.2) is 23.4 Å². The molecule has 0 unspecified atom stereocenters. The van der Waals surface area contributed by atoms with Crippen molar-refractivity contribution >= 4 is 58.0 Å². The summed E-state index contributed by atoms with van der Waals surface area (Å²) in [6.45, 7) is 3.01. The first-order valence-corrected chi connectivity index (χ1v) is 8.96. The minimum atomic E-state index is -0.435. The molecular formula is C19H18Cl2N4O3. The van der Waals surface area contributed by atoms with Crippen LogP contribution in [0.4, 0.5) is 11.4 Å². The van der Waals surface area contributed by atoms with Crippen LogP contribution in [0.1, 0.15) is 30.6 Å². The molecule has 7 nitrogen and oxygen atoms in total. The Morgan fingerprint density at radius 2 is 1.64 bits per heavy atom. The lowest BCUT2D eigenvalue weighted by Crippen LogP contribution is -2.21. The molecule has 0 saturated heterocycles. The molecule has 0 fully saturated rings. The number of hydrogen-bond donors (Lipinski definition) is 3. The van der Waals surface area contributed by atoms with E-state index in [-0.39, 0.29) is 18.2 Å². The molecule has 28 heavy (non-hydrogen) atoms. The van der Waals surface area contributed by atoms with Crippen molar-refractivity contribution in [2.45, 2.75) is 20.3 Å². The van der Waals surface area contributed by atoms with Crippen LogP contribution < -0.4 is 16.1 Å². The second-order valence-electron chi connectivity index (χ2n) is 5.90. The highest BCUT2D eigenvalue weighted by molar-refractivity contribution is 6.36.